The van der Waals surface area contributed by atoms with Crippen LogP contribution in [-0.2, 0) is 15.3 Å². The lowest BCUT2D eigenvalue weighted by Crippen LogP contribution is -2.24. The number of rotatable bonds is 1. The van der Waals surface area contributed by atoms with Gasteiger partial charge in [0.2, 0.25) is 11.1 Å². The minimum absolute atomic E-state index is 0.133. The minimum Gasteiger partial charge on any atom is -0.258 e. The lowest BCUT2D eigenvalue weighted by atomic mass is 9.95. The van der Waals surface area contributed by atoms with E-state index in [0.717, 1.165) is 5.56 Å². The Kier molecular flexibility index (Phi) is 2.95. The summed E-state index contributed by atoms with van der Waals surface area (Å²) in [7, 11) is 0. The highest BCUT2D eigenvalue weighted by atomic mass is 32.2. The number of aliphatic imine (C=N–C) groups is 1. The maximum atomic E-state index is 11.8. The lowest BCUT2D eigenvalue weighted by molar-refractivity contribution is 0.119. The van der Waals surface area contributed by atoms with Crippen molar-refractivity contribution in [3.63, 3.8) is 0 Å². The van der Waals surface area contributed by atoms with Crippen LogP contribution in [0.5, 0.6) is 0 Å². The molecule has 1 aromatic carbocycles. The van der Waals surface area contributed by atoms with Crippen LogP contribution in [0.3, 0.4) is 0 Å². The summed E-state index contributed by atoms with van der Waals surface area (Å²) in [6.45, 7) is 6.06. The molecule has 16 heavy (non-hydrogen) atoms. The summed E-state index contributed by atoms with van der Waals surface area (Å²) in [6, 6.07) is 9.51. The van der Waals surface area contributed by atoms with E-state index in [4.69, 9.17) is 4.18 Å². The molecule has 2 unspecified atom stereocenters. The summed E-state index contributed by atoms with van der Waals surface area (Å²) in [5.41, 5.74) is 0.735. The van der Waals surface area contributed by atoms with Crippen molar-refractivity contribution in [1.82, 2.24) is 0 Å². The van der Waals surface area contributed by atoms with Gasteiger partial charge in [-0.2, -0.15) is 0 Å². The minimum atomic E-state index is -1.44. The molecule has 0 N–H and O–H groups in total. The first kappa shape index (κ1) is 11.5. The molecule has 0 saturated carbocycles. The summed E-state index contributed by atoms with van der Waals surface area (Å²) in [5, 5.41) is 0.542. The summed E-state index contributed by atoms with van der Waals surface area (Å²) in [5.74, 6) is 0. The van der Waals surface area contributed by atoms with E-state index in [1.165, 1.54) is 0 Å². The molecule has 1 aromatic rings. The first-order chi connectivity index (χ1) is 7.48. The molecular weight excluding hydrogens is 222 g/mol. The summed E-state index contributed by atoms with van der Waals surface area (Å²) in [6.07, 6.45) is -0.330. The first-order valence-electron chi connectivity index (χ1n) is 5.20. The third-order valence-corrected chi connectivity index (χ3v) is 3.35. The van der Waals surface area contributed by atoms with Gasteiger partial charge in [0.1, 0.15) is 0 Å². The molecule has 1 aliphatic rings. The molecule has 0 spiro atoms. The van der Waals surface area contributed by atoms with Crippen molar-refractivity contribution in [1.29, 1.82) is 0 Å². The zero-order valence-electron chi connectivity index (χ0n) is 9.64. The average Bonchev–Trinajstić information content (AvgIpc) is 2.61. The molecule has 2 atom stereocenters. The quantitative estimate of drug-likeness (QED) is 0.752. The number of benzene rings is 1. The Morgan fingerprint density at radius 3 is 2.38 bits per heavy atom. The van der Waals surface area contributed by atoms with Gasteiger partial charge in [-0.05, 0) is 0 Å². The second-order valence-corrected chi connectivity index (χ2v) is 5.90. The number of nitrogens with zero attached hydrogens (tertiary/aromatic N) is 1. The third-order valence-electron chi connectivity index (χ3n) is 2.33. The maximum absolute atomic E-state index is 11.8. The predicted octanol–water partition coefficient (Wildman–Crippen LogP) is 2.50. The van der Waals surface area contributed by atoms with Gasteiger partial charge >= 0.3 is 0 Å². The Balaban J connectivity index is 2.33. The first-order valence-corrected chi connectivity index (χ1v) is 6.28. The van der Waals surface area contributed by atoms with Crippen molar-refractivity contribution in [2.45, 2.75) is 27.0 Å². The predicted molar refractivity (Wildman–Crippen MR) is 65.4 cm³/mol. The molecule has 0 fully saturated rings. The van der Waals surface area contributed by atoms with Crippen LogP contribution < -0.4 is 0 Å². The fourth-order valence-corrected chi connectivity index (χ4v) is 2.49. The van der Waals surface area contributed by atoms with Gasteiger partial charge in [0.25, 0.3) is 0 Å². The molecule has 1 heterocycles. The van der Waals surface area contributed by atoms with E-state index >= 15 is 0 Å². The topological polar surface area (TPSA) is 38.7 Å². The zero-order valence-corrected chi connectivity index (χ0v) is 10.5. The highest BCUT2D eigenvalue weighted by molar-refractivity contribution is 7.97. The fraction of sp³-hybridized carbons (Fsp3) is 0.417. The van der Waals surface area contributed by atoms with Gasteiger partial charge in [-0.1, -0.05) is 51.1 Å². The van der Waals surface area contributed by atoms with Crippen molar-refractivity contribution in [2.24, 2.45) is 10.4 Å². The Hall–Kier alpha value is -1.00. The van der Waals surface area contributed by atoms with Crippen LogP contribution in [0, 0.1) is 5.41 Å². The Labute approximate surface area is 98.2 Å². The van der Waals surface area contributed by atoms with Crippen molar-refractivity contribution >= 4 is 16.1 Å². The molecule has 0 amide bonds. The highest BCUT2D eigenvalue weighted by Crippen LogP contribution is 2.29. The molecule has 0 saturated heterocycles. The maximum Gasteiger partial charge on any atom is 0.210 e. The molecule has 0 aromatic heterocycles. The van der Waals surface area contributed by atoms with Crippen LogP contribution >= 0.6 is 0 Å². The molecule has 1 aliphatic heterocycles. The zero-order chi connectivity index (χ0) is 11.8. The number of hydrogen-bond donors (Lipinski definition) is 0. The van der Waals surface area contributed by atoms with Gasteiger partial charge < -0.3 is 0 Å². The van der Waals surface area contributed by atoms with Crippen molar-refractivity contribution in [3.8, 4) is 0 Å². The molecule has 0 radical (unpaired) electrons. The molecule has 3 nitrogen and oxygen atoms in total. The molecule has 86 valence electrons. The third kappa shape index (κ3) is 2.23. The Morgan fingerprint density at radius 2 is 1.88 bits per heavy atom. The van der Waals surface area contributed by atoms with Gasteiger partial charge in [0.05, 0.1) is 0 Å². The van der Waals surface area contributed by atoms with E-state index < -0.39 is 11.1 Å². The van der Waals surface area contributed by atoms with Crippen LogP contribution in [0.1, 0.15) is 26.3 Å². The fourth-order valence-electron chi connectivity index (χ4n) is 1.39. The van der Waals surface area contributed by atoms with Gasteiger partial charge in [0, 0.05) is 11.0 Å². The highest BCUT2D eigenvalue weighted by Gasteiger charge is 2.35. The normalized spacial score (nSPS) is 25.6. The molecule has 0 bridgehead atoms. The van der Waals surface area contributed by atoms with E-state index in [1.54, 1.807) is 0 Å². The smallest absolute Gasteiger partial charge is 0.210 e. The van der Waals surface area contributed by atoms with E-state index in [0.29, 0.717) is 5.04 Å². The Morgan fingerprint density at radius 1 is 1.25 bits per heavy atom. The summed E-state index contributed by atoms with van der Waals surface area (Å²) in [4.78, 5) is 4.40. The van der Waals surface area contributed by atoms with Crippen molar-refractivity contribution < 1.29 is 8.39 Å². The van der Waals surface area contributed by atoms with Gasteiger partial charge in [-0.3, -0.25) is 4.18 Å². The molecule has 2 rings (SSSR count). The van der Waals surface area contributed by atoms with Crippen molar-refractivity contribution in [3.05, 3.63) is 35.9 Å². The molecular formula is C12H15NO2S. The lowest BCUT2D eigenvalue weighted by Gasteiger charge is -2.21. The van der Waals surface area contributed by atoms with Crippen LogP contribution in [0.4, 0.5) is 0 Å². The summed E-state index contributed by atoms with van der Waals surface area (Å²) >= 11 is -1.44. The van der Waals surface area contributed by atoms with E-state index in [9.17, 15) is 4.21 Å². The van der Waals surface area contributed by atoms with Crippen LogP contribution in [-0.4, -0.2) is 15.5 Å². The number of hydrogen-bond acceptors (Lipinski definition) is 3. The Bertz CT molecular complexity index is 434. The van der Waals surface area contributed by atoms with Gasteiger partial charge in [-0.25, -0.2) is 9.20 Å². The van der Waals surface area contributed by atoms with Gasteiger partial charge in [0.15, 0.2) is 11.3 Å². The molecule has 4 heteroatoms. The van der Waals surface area contributed by atoms with Crippen LogP contribution in [0.15, 0.2) is 35.3 Å². The van der Waals surface area contributed by atoms with E-state index in [-0.39, 0.29) is 11.6 Å². The van der Waals surface area contributed by atoms with E-state index in [1.807, 2.05) is 51.1 Å². The van der Waals surface area contributed by atoms with Crippen LogP contribution in [0.2, 0.25) is 0 Å². The second kappa shape index (κ2) is 4.11. The largest absolute Gasteiger partial charge is 0.258 e. The average molecular weight is 237 g/mol. The van der Waals surface area contributed by atoms with Crippen molar-refractivity contribution in [2.75, 3.05) is 0 Å². The molecule has 0 aliphatic carbocycles. The standard InChI is InChI=1S/C12H15NO2S/c1-12(2,3)11-13-10(16(14)15-11)9-7-5-4-6-8-9/h4-8,11H,1-3H3. The van der Waals surface area contributed by atoms with E-state index in [2.05, 4.69) is 4.99 Å². The van der Waals surface area contributed by atoms with Crippen LogP contribution in [0.25, 0.3) is 0 Å². The van der Waals surface area contributed by atoms with Gasteiger partial charge in [-0.15, -0.1) is 0 Å². The SMILES string of the molecule is CC(C)(C)C1N=C(c2ccccc2)S(=O)O1. The monoisotopic (exact) mass is 237 g/mol. The summed E-state index contributed by atoms with van der Waals surface area (Å²) < 4.78 is 17.2. The second-order valence-electron chi connectivity index (χ2n) is 4.85.